The van der Waals surface area contributed by atoms with Crippen LogP contribution in [0.2, 0.25) is 0 Å². The number of nitrogens with two attached hydrogens (primary N) is 2. The molecule has 0 aromatic heterocycles. The SMILES string of the molecule is CC(N)C(=O)NC(Cc1ccccc1)C(=O)NC(CCC(N)=O)C(=O)NC(CCC(=O)O)C(=O)NC(C)C(=O)O. The molecule has 0 heterocycles. The number of carbonyl (C=O) groups is 7. The van der Waals surface area contributed by atoms with E-state index in [1.54, 1.807) is 30.3 Å². The molecular formula is C25H36N6O9. The average Bonchev–Trinajstić information content (AvgIpc) is 2.88. The lowest BCUT2D eigenvalue weighted by Crippen LogP contribution is -2.58. The quantitative estimate of drug-likeness (QED) is 0.101. The summed E-state index contributed by atoms with van der Waals surface area (Å²) in [5.41, 5.74) is 11.5. The van der Waals surface area contributed by atoms with E-state index in [0.29, 0.717) is 5.56 Å². The maximum absolute atomic E-state index is 13.2. The van der Waals surface area contributed by atoms with Crippen LogP contribution in [0.15, 0.2) is 30.3 Å². The molecule has 0 aliphatic heterocycles. The number of aliphatic carboxylic acids is 2. The number of hydrogen-bond acceptors (Lipinski definition) is 8. The van der Waals surface area contributed by atoms with Gasteiger partial charge in [-0.15, -0.1) is 0 Å². The predicted octanol–water partition coefficient (Wildman–Crippen LogP) is -2.25. The highest BCUT2D eigenvalue weighted by Gasteiger charge is 2.31. The van der Waals surface area contributed by atoms with Crippen molar-refractivity contribution in [1.29, 1.82) is 0 Å². The maximum Gasteiger partial charge on any atom is 0.325 e. The molecule has 15 heteroatoms. The number of rotatable bonds is 17. The van der Waals surface area contributed by atoms with Gasteiger partial charge in [-0.25, -0.2) is 0 Å². The number of carbonyl (C=O) groups excluding carboxylic acids is 5. The lowest BCUT2D eigenvalue weighted by Gasteiger charge is -2.26. The third-order valence-electron chi connectivity index (χ3n) is 5.65. The van der Waals surface area contributed by atoms with Crippen LogP contribution in [-0.4, -0.2) is 81.9 Å². The first-order valence-corrected chi connectivity index (χ1v) is 12.4. The molecule has 1 aromatic rings. The Morgan fingerprint density at radius 2 is 1.20 bits per heavy atom. The monoisotopic (exact) mass is 564 g/mol. The summed E-state index contributed by atoms with van der Waals surface area (Å²) in [5.74, 6) is -6.77. The molecule has 0 bridgehead atoms. The smallest absolute Gasteiger partial charge is 0.325 e. The van der Waals surface area contributed by atoms with Gasteiger partial charge < -0.3 is 42.9 Å². The molecule has 0 saturated heterocycles. The average molecular weight is 565 g/mol. The highest BCUT2D eigenvalue weighted by molar-refractivity contribution is 5.95. The normalized spacial score (nSPS) is 14.4. The molecule has 15 nitrogen and oxygen atoms in total. The van der Waals surface area contributed by atoms with Crippen LogP contribution >= 0.6 is 0 Å². The first kappa shape index (κ1) is 33.5. The van der Waals surface area contributed by atoms with E-state index in [1.165, 1.54) is 13.8 Å². The minimum absolute atomic E-state index is 0.0337. The molecule has 0 radical (unpaired) electrons. The molecule has 40 heavy (non-hydrogen) atoms. The second kappa shape index (κ2) is 16.4. The predicted molar refractivity (Wildman–Crippen MR) is 140 cm³/mol. The van der Waals surface area contributed by atoms with Crippen LogP contribution < -0.4 is 32.7 Å². The zero-order valence-electron chi connectivity index (χ0n) is 22.2. The lowest BCUT2D eigenvalue weighted by atomic mass is 10.0. The van der Waals surface area contributed by atoms with Crippen molar-refractivity contribution in [3.05, 3.63) is 35.9 Å². The summed E-state index contributed by atoms with van der Waals surface area (Å²) in [7, 11) is 0. The summed E-state index contributed by atoms with van der Waals surface area (Å²) >= 11 is 0. The van der Waals surface area contributed by atoms with Gasteiger partial charge in [0.05, 0.1) is 6.04 Å². The number of nitrogens with one attached hydrogen (secondary N) is 4. The summed E-state index contributed by atoms with van der Waals surface area (Å²) in [5, 5.41) is 27.5. The van der Waals surface area contributed by atoms with E-state index in [0.717, 1.165) is 0 Å². The summed E-state index contributed by atoms with van der Waals surface area (Å²) in [4.78, 5) is 84.9. The van der Waals surface area contributed by atoms with Crippen molar-refractivity contribution >= 4 is 41.5 Å². The van der Waals surface area contributed by atoms with Crippen molar-refractivity contribution in [3.8, 4) is 0 Å². The zero-order valence-corrected chi connectivity index (χ0v) is 22.2. The fraction of sp³-hybridized carbons (Fsp3) is 0.480. The third-order valence-corrected chi connectivity index (χ3v) is 5.65. The van der Waals surface area contributed by atoms with E-state index in [4.69, 9.17) is 21.7 Å². The van der Waals surface area contributed by atoms with Gasteiger partial charge in [-0.1, -0.05) is 30.3 Å². The molecule has 1 aromatic carbocycles. The van der Waals surface area contributed by atoms with E-state index in [1.807, 2.05) is 0 Å². The van der Waals surface area contributed by atoms with Crippen molar-refractivity contribution in [2.45, 2.75) is 76.2 Å². The Morgan fingerprint density at radius 3 is 1.68 bits per heavy atom. The van der Waals surface area contributed by atoms with E-state index < -0.39 is 84.5 Å². The topological polar surface area (TPSA) is 260 Å². The van der Waals surface area contributed by atoms with Crippen molar-refractivity contribution in [3.63, 3.8) is 0 Å². The molecule has 0 spiro atoms. The van der Waals surface area contributed by atoms with Gasteiger partial charge in [0.15, 0.2) is 0 Å². The number of primary amides is 1. The van der Waals surface area contributed by atoms with Crippen LogP contribution in [0.1, 0.15) is 45.1 Å². The van der Waals surface area contributed by atoms with Crippen LogP contribution in [0.3, 0.4) is 0 Å². The van der Waals surface area contributed by atoms with Crippen molar-refractivity contribution in [2.75, 3.05) is 0 Å². The van der Waals surface area contributed by atoms with Crippen molar-refractivity contribution in [1.82, 2.24) is 21.3 Å². The van der Waals surface area contributed by atoms with Crippen molar-refractivity contribution in [2.24, 2.45) is 11.5 Å². The molecule has 0 fully saturated rings. The first-order valence-electron chi connectivity index (χ1n) is 12.4. The van der Waals surface area contributed by atoms with Gasteiger partial charge in [0.25, 0.3) is 0 Å². The van der Waals surface area contributed by atoms with E-state index in [2.05, 4.69) is 21.3 Å². The molecule has 5 amide bonds. The number of carboxylic acids is 2. The standard InChI is InChI=1S/C25H36N6O9/c1-13(26)21(35)31-18(12-15-6-4-3-5-7-15)24(38)30-16(8-10-19(27)32)23(37)29-17(9-11-20(33)34)22(36)28-14(2)25(39)40/h3-7,13-14,16-18H,8-12,26H2,1-2H3,(H2,27,32)(H,28,36)(H,29,37)(H,30,38)(H,31,35)(H,33,34)(H,39,40). The Labute approximate surface area is 230 Å². The van der Waals surface area contributed by atoms with Gasteiger partial charge in [-0.2, -0.15) is 0 Å². The molecule has 5 atom stereocenters. The molecule has 0 aliphatic rings. The molecule has 5 unspecified atom stereocenters. The van der Waals surface area contributed by atoms with E-state index in [9.17, 15) is 33.6 Å². The number of benzene rings is 1. The zero-order chi connectivity index (χ0) is 30.4. The number of carboxylic acid groups (broad SMARTS) is 2. The van der Waals surface area contributed by atoms with E-state index in [-0.39, 0.29) is 19.3 Å². The van der Waals surface area contributed by atoms with Crippen LogP contribution in [-0.2, 0) is 40.0 Å². The van der Waals surface area contributed by atoms with E-state index >= 15 is 0 Å². The van der Waals surface area contributed by atoms with Gasteiger partial charge in [0.2, 0.25) is 29.5 Å². The number of hydrogen-bond donors (Lipinski definition) is 8. The van der Waals surface area contributed by atoms with Gasteiger partial charge in [-0.05, 0) is 32.3 Å². The summed E-state index contributed by atoms with van der Waals surface area (Å²) in [6, 6.07) is 2.31. The molecule has 220 valence electrons. The van der Waals surface area contributed by atoms with Gasteiger partial charge >= 0.3 is 11.9 Å². The summed E-state index contributed by atoms with van der Waals surface area (Å²) < 4.78 is 0. The fourth-order valence-corrected chi connectivity index (χ4v) is 3.37. The molecular weight excluding hydrogens is 528 g/mol. The lowest BCUT2D eigenvalue weighted by molar-refractivity contribution is -0.142. The second-order valence-electron chi connectivity index (χ2n) is 9.17. The van der Waals surface area contributed by atoms with Crippen LogP contribution in [0.4, 0.5) is 0 Å². The molecule has 1 rings (SSSR count). The molecule has 10 N–H and O–H groups in total. The first-order chi connectivity index (χ1) is 18.7. The minimum atomic E-state index is -1.48. The largest absolute Gasteiger partial charge is 0.481 e. The van der Waals surface area contributed by atoms with Gasteiger partial charge in [0.1, 0.15) is 24.2 Å². The third kappa shape index (κ3) is 12.3. The Morgan fingerprint density at radius 1 is 0.725 bits per heavy atom. The van der Waals surface area contributed by atoms with Gasteiger partial charge in [0, 0.05) is 19.3 Å². The number of amides is 5. The van der Waals surface area contributed by atoms with Crippen LogP contribution in [0.25, 0.3) is 0 Å². The second-order valence-corrected chi connectivity index (χ2v) is 9.17. The Kier molecular flexibility index (Phi) is 13.8. The maximum atomic E-state index is 13.2. The Bertz CT molecular complexity index is 1080. The summed E-state index contributed by atoms with van der Waals surface area (Å²) in [6.45, 7) is 2.60. The van der Waals surface area contributed by atoms with Crippen molar-refractivity contribution < 1.29 is 43.8 Å². The Hall–Kier alpha value is -4.53. The minimum Gasteiger partial charge on any atom is -0.481 e. The molecule has 0 aliphatic carbocycles. The van der Waals surface area contributed by atoms with Gasteiger partial charge in [-0.3, -0.25) is 33.6 Å². The van der Waals surface area contributed by atoms with Crippen LogP contribution in [0.5, 0.6) is 0 Å². The summed E-state index contributed by atoms with van der Waals surface area (Å²) in [6.07, 6.45) is -1.52. The highest BCUT2D eigenvalue weighted by atomic mass is 16.4. The van der Waals surface area contributed by atoms with Crippen LogP contribution in [0, 0.1) is 0 Å². The Balaban J connectivity index is 3.18. The highest BCUT2D eigenvalue weighted by Crippen LogP contribution is 2.07. The fourth-order valence-electron chi connectivity index (χ4n) is 3.37. The molecule has 0 saturated carbocycles.